The molecule has 0 spiro atoms. The van der Waals surface area contributed by atoms with E-state index in [2.05, 4.69) is 0 Å². The van der Waals surface area contributed by atoms with Crippen LogP contribution < -0.4 is 5.56 Å². The molecule has 0 N–H and O–H groups in total. The van der Waals surface area contributed by atoms with Gasteiger partial charge >= 0.3 is 7.73 Å². The molecule has 17 heavy (non-hydrogen) atoms. The number of hydrogen-bond acceptors (Lipinski definition) is 2. The average molecular weight is 272 g/mol. The van der Waals surface area contributed by atoms with E-state index in [0.717, 1.165) is 0 Å². The highest BCUT2D eigenvalue weighted by atomic mass is 35.5. The minimum atomic E-state index is -1.87. The number of aryl methyl sites for hydroxylation is 1. The summed E-state index contributed by atoms with van der Waals surface area (Å²) < 4.78 is 15.3. The number of aromatic nitrogens is 2. The molecule has 6 heteroatoms. The maximum atomic E-state index is 12.2. The summed E-state index contributed by atoms with van der Waals surface area (Å²) in [7, 11) is -1.87. The number of nitrogens with zero attached hydrogens (tertiary/aromatic N) is 2. The highest BCUT2D eigenvalue weighted by molar-refractivity contribution is 7.29. The molecule has 2 aromatic rings. The summed E-state index contributed by atoms with van der Waals surface area (Å²) in [5, 5.41) is 0.592. The van der Waals surface area contributed by atoms with Crippen LogP contribution in [0.15, 0.2) is 29.1 Å². The Balaban J connectivity index is 2.96. The molecule has 0 saturated carbocycles. The van der Waals surface area contributed by atoms with E-state index in [9.17, 15) is 9.36 Å². The lowest BCUT2D eigenvalue weighted by atomic mass is 10.2. The minimum Gasteiger partial charge on any atom is -0.265 e. The van der Waals surface area contributed by atoms with Crippen LogP contribution in [0, 0.1) is 0 Å². The number of para-hydroxylation sites is 1. The van der Waals surface area contributed by atoms with Crippen LogP contribution >= 0.6 is 19.3 Å². The fourth-order valence-electron chi connectivity index (χ4n) is 1.87. The lowest BCUT2D eigenvalue weighted by Gasteiger charge is -2.02. The zero-order valence-corrected chi connectivity index (χ0v) is 11.1. The Morgan fingerprint density at radius 1 is 1.29 bits per heavy atom. The van der Waals surface area contributed by atoms with Crippen molar-refractivity contribution in [1.29, 1.82) is 0 Å². The van der Waals surface area contributed by atoms with Gasteiger partial charge in [0.05, 0.1) is 24.0 Å². The molecule has 2 rings (SSSR count). The van der Waals surface area contributed by atoms with Gasteiger partial charge in [-0.05, 0) is 23.6 Å². The van der Waals surface area contributed by atoms with E-state index in [1.165, 1.54) is 4.33 Å². The number of hydrogen-bond donors (Lipinski definition) is 0. The largest absolute Gasteiger partial charge is 0.598 e. The molecular weight excluding hydrogens is 259 g/mol. The van der Waals surface area contributed by atoms with Crippen molar-refractivity contribution in [3.63, 3.8) is 0 Å². The molecule has 90 valence electrons. The molecule has 0 fully saturated rings. The standard InChI is InChI=1S/C11H13ClN2O2P/c1-2-13-11(15)9-5-3-4-6-10(9)14(8-7-12)17(13)16/h3-6H,2,7-8H2,1H3/q+1. The summed E-state index contributed by atoms with van der Waals surface area (Å²) >= 11 is 5.72. The molecule has 4 nitrogen and oxygen atoms in total. The lowest BCUT2D eigenvalue weighted by molar-refractivity contribution is 0.570. The fraction of sp³-hybridized carbons (Fsp3) is 0.364. The van der Waals surface area contributed by atoms with Crippen LogP contribution in [0.5, 0.6) is 0 Å². The number of rotatable bonds is 3. The number of halogens is 1. The first-order valence-electron chi connectivity index (χ1n) is 5.42. The molecule has 0 radical (unpaired) electrons. The third kappa shape index (κ3) is 2.03. The van der Waals surface area contributed by atoms with Crippen molar-refractivity contribution in [2.45, 2.75) is 20.0 Å². The van der Waals surface area contributed by atoms with Crippen LogP contribution in [0.4, 0.5) is 0 Å². The molecule has 1 heterocycles. The van der Waals surface area contributed by atoms with E-state index >= 15 is 0 Å². The van der Waals surface area contributed by atoms with Crippen molar-refractivity contribution in [1.82, 2.24) is 8.66 Å². The second-order valence-electron chi connectivity index (χ2n) is 3.60. The van der Waals surface area contributed by atoms with Gasteiger partial charge in [-0.2, -0.15) is 0 Å². The summed E-state index contributed by atoms with van der Waals surface area (Å²) in [5.74, 6) is 0.376. The summed E-state index contributed by atoms with van der Waals surface area (Å²) in [6.45, 7) is 2.72. The Hall–Kier alpha value is -1.12. The maximum absolute atomic E-state index is 12.2. The van der Waals surface area contributed by atoms with Crippen LogP contribution in [0.25, 0.3) is 10.9 Å². The van der Waals surface area contributed by atoms with Gasteiger partial charge in [-0.15, -0.1) is 20.3 Å². The van der Waals surface area contributed by atoms with Crippen LogP contribution in [0.2, 0.25) is 0 Å². The van der Waals surface area contributed by atoms with Crippen LogP contribution in [-0.2, 0) is 17.7 Å². The first-order chi connectivity index (χ1) is 8.20. The SMILES string of the molecule is CCn1c(=O)c2ccccc2n(CCCl)[p+]1=O. The van der Waals surface area contributed by atoms with Crippen LogP contribution in [-0.4, -0.2) is 14.5 Å². The van der Waals surface area contributed by atoms with E-state index in [1.54, 1.807) is 16.5 Å². The Morgan fingerprint density at radius 2 is 2.00 bits per heavy atom. The second-order valence-corrected chi connectivity index (χ2v) is 5.45. The third-order valence-corrected chi connectivity index (χ3v) is 4.53. The molecule has 0 saturated heterocycles. The zero-order chi connectivity index (χ0) is 12.4. The van der Waals surface area contributed by atoms with Crippen LogP contribution in [0.1, 0.15) is 6.92 Å². The van der Waals surface area contributed by atoms with Gasteiger partial charge in [0.2, 0.25) is 0 Å². The molecule has 1 aromatic carbocycles. The smallest absolute Gasteiger partial charge is 0.265 e. The summed E-state index contributed by atoms with van der Waals surface area (Å²) in [6, 6.07) is 7.20. The predicted molar refractivity (Wildman–Crippen MR) is 70.2 cm³/mol. The predicted octanol–water partition coefficient (Wildman–Crippen LogP) is 2.80. The minimum absolute atomic E-state index is 0.171. The zero-order valence-electron chi connectivity index (χ0n) is 9.47. The summed E-state index contributed by atoms with van der Waals surface area (Å²) in [5.41, 5.74) is 0.541. The molecule has 0 aliphatic carbocycles. The molecule has 0 bridgehead atoms. The number of fused-ring (bicyclic) bond motifs is 1. The fourth-order valence-corrected chi connectivity index (χ4v) is 3.55. The van der Waals surface area contributed by atoms with Crippen molar-refractivity contribution >= 4 is 30.2 Å². The molecule has 1 unspecified atom stereocenters. The Bertz CT molecular complexity index is 663. The van der Waals surface area contributed by atoms with Gasteiger partial charge in [-0.1, -0.05) is 12.1 Å². The average Bonchev–Trinajstić information content (AvgIpc) is 2.35. The highest BCUT2D eigenvalue weighted by Gasteiger charge is 2.20. The second kappa shape index (κ2) is 5.03. The van der Waals surface area contributed by atoms with E-state index in [-0.39, 0.29) is 5.56 Å². The van der Waals surface area contributed by atoms with Crippen molar-refractivity contribution in [3.05, 3.63) is 34.6 Å². The van der Waals surface area contributed by atoms with E-state index < -0.39 is 7.73 Å². The Morgan fingerprint density at radius 3 is 2.65 bits per heavy atom. The van der Waals surface area contributed by atoms with Gasteiger partial charge in [-0.3, -0.25) is 4.79 Å². The van der Waals surface area contributed by atoms with Gasteiger partial charge in [-0.25, -0.2) is 0 Å². The van der Waals surface area contributed by atoms with Crippen molar-refractivity contribution in [2.24, 2.45) is 0 Å². The molecule has 1 aromatic heterocycles. The van der Waals surface area contributed by atoms with Gasteiger partial charge in [0.25, 0.3) is 5.56 Å². The highest BCUT2D eigenvalue weighted by Crippen LogP contribution is 2.20. The summed E-state index contributed by atoms with van der Waals surface area (Å²) in [4.78, 5) is 12.1. The van der Waals surface area contributed by atoms with E-state index in [0.29, 0.717) is 29.9 Å². The molecule has 0 aliphatic heterocycles. The van der Waals surface area contributed by atoms with Gasteiger partial charge in [0.1, 0.15) is 0 Å². The number of benzene rings is 1. The third-order valence-electron chi connectivity index (χ3n) is 2.66. The van der Waals surface area contributed by atoms with Gasteiger partial charge < -0.3 is 0 Å². The Labute approximate surface area is 104 Å². The lowest BCUT2D eigenvalue weighted by Crippen LogP contribution is -2.20. The molecule has 1 atom stereocenters. The molecule has 0 aliphatic rings. The normalized spacial score (nSPS) is 12.0. The first kappa shape index (κ1) is 12.3. The quantitative estimate of drug-likeness (QED) is 0.806. The van der Waals surface area contributed by atoms with E-state index in [1.807, 2.05) is 19.1 Å². The Kier molecular flexibility index (Phi) is 3.65. The van der Waals surface area contributed by atoms with Crippen LogP contribution in [0.3, 0.4) is 0 Å². The number of alkyl halides is 1. The van der Waals surface area contributed by atoms with E-state index in [4.69, 9.17) is 11.6 Å². The van der Waals surface area contributed by atoms with Crippen molar-refractivity contribution in [3.8, 4) is 0 Å². The monoisotopic (exact) mass is 271 g/mol. The maximum Gasteiger partial charge on any atom is 0.598 e. The van der Waals surface area contributed by atoms with Crippen molar-refractivity contribution in [2.75, 3.05) is 5.88 Å². The summed E-state index contributed by atoms with van der Waals surface area (Å²) in [6.07, 6.45) is 0. The van der Waals surface area contributed by atoms with Crippen molar-refractivity contribution < 1.29 is 4.57 Å². The van der Waals surface area contributed by atoms with Gasteiger partial charge in [0, 0.05) is 5.88 Å². The topological polar surface area (TPSA) is 44.0 Å². The molecular formula is C11H13ClN2O2P+. The first-order valence-corrected chi connectivity index (χ1v) is 7.12. The molecule has 0 amide bonds. The van der Waals surface area contributed by atoms with Gasteiger partial charge in [0.15, 0.2) is 0 Å².